The van der Waals surface area contributed by atoms with E-state index in [9.17, 15) is 5.11 Å². The summed E-state index contributed by atoms with van der Waals surface area (Å²) in [6, 6.07) is 5.89. The normalized spacial score (nSPS) is 26.1. The zero-order valence-electron chi connectivity index (χ0n) is 10.1. The number of halogens is 1. The molecule has 2 rings (SSSR count). The summed E-state index contributed by atoms with van der Waals surface area (Å²) in [5, 5.41) is 9.81. The molecule has 0 saturated carbocycles. The third-order valence-electron chi connectivity index (χ3n) is 3.49. The summed E-state index contributed by atoms with van der Waals surface area (Å²) in [4.78, 5) is 2.36. The Morgan fingerprint density at radius 2 is 2.29 bits per heavy atom. The molecule has 0 spiro atoms. The van der Waals surface area contributed by atoms with Gasteiger partial charge in [-0.2, -0.15) is 0 Å². The summed E-state index contributed by atoms with van der Waals surface area (Å²) in [7, 11) is 0. The molecule has 2 unspecified atom stereocenters. The van der Waals surface area contributed by atoms with Gasteiger partial charge in [-0.05, 0) is 37.1 Å². The van der Waals surface area contributed by atoms with E-state index in [1.54, 1.807) is 6.07 Å². The number of nitrogens with zero attached hydrogens (tertiary/aromatic N) is 1. The van der Waals surface area contributed by atoms with Gasteiger partial charge in [-0.15, -0.1) is 0 Å². The van der Waals surface area contributed by atoms with Crippen molar-refractivity contribution in [2.45, 2.75) is 25.9 Å². The van der Waals surface area contributed by atoms with E-state index in [-0.39, 0.29) is 0 Å². The minimum atomic E-state index is 0.322. The zero-order valence-corrected chi connectivity index (χ0v) is 11.7. The smallest absolute Gasteiger partial charge is 0.120 e. The van der Waals surface area contributed by atoms with Gasteiger partial charge in [0.25, 0.3) is 0 Å². The molecule has 17 heavy (non-hydrogen) atoms. The lowest BCUT2D eigenvalue weighted by atomic mass is 9.94. The van der Waals surface area contributed by atoms with Gasteiger partial charge >= 0.3 is 0 Å². The van der Waals surface area contributed by atoms with E-state index in [4.69, 9.17) is 5.73 Å². The first-order valence-electron chi connectivity index (χ1n) is 6.01. The molecule has 1 aliphatic heterocycles. The summed E-state index contributed by atoms with van der Waals surface area (Å²) in [6.07, 6.45) is 1.04. The summed E-state index contributed by atoms with van der Waals surface area (Å²) in [5.41, 5.74) is 6.98. The van der Waals surface area contributed by atoms with Gasteiger partial charge < -0.3 is 10.8 Å². The molecule has 0 radical (unpaired) electrons. The number of nitrogens with two attached hydrogens (primary N) is 1. The molecular weight excluding hydrogens is 280 g/mol. The molecule has 0 aliphatic carbocycles. The maximum atomic E-state index is 9.81. The highest BCUT2D eigenvalue weighted by atomic mass is 79.9. The maximum Gasteiger partial charge on any atom is 0.120 e. The SMILES string of the molecule is CC1CN(Cc2cc(Br)ccc2O)CCC1N. The van der Waals surface area contributed by atoms with Gasteiger partial charge in [0.15, 0.2) is 0 Å². The predicted octanol–water partition coefficient (Wildman–Crippen LogP) is 2.32. The second-order valence-electron chi connectivity index (χ2n) is 4.94. The van der Waals surface area contributed by atoms with Crippen molar-refractivity contribution in [1.82, 2.24) is 4.90 Å². The van der Waals surface area contributed by atoms with Gasteiger partial charge in [-0.25, -0.2) is 0 Å². The molecule has 1 aromatic carbocycles. The highest BCUT2D eigenvalue weighted by molar-refractivity contribution is 9.10. The maximum absolute atomic E-state index is 9.81. The quantitative estimate of drug-likeness (QED) is 0.881. The van der Waals surface area contributed by atoms with Crippen LogP contribution in [0, 0.1) is 5.92 Å². The number of phenolic OH excluding ortho intramolecular Hbond substituents is 1. The van der Waals surface area contributed by atoms with Crippen LogP contribution in [0.1, 0.15) is 18.9 Å². The lowest BCUT2D eigenvalue weighted by molar-refractivity contribution is 0.156. The van der Waals surface area contributed by atoms with Gasteiger partial charge in [0.05, 0.1) is 0 Å². The van der Waals surface area contributed by atoms with Crippen LogP contribution in [-0.4, -0.2) is 29.1 Å². The van der Waals surface area contributed by atoms with Gasteiger partial charge in [-0.1, -0.05) is 22.9 Å². The number of phenols is 1. The van der Waals surface area contributed by atoms with Crippen molar-refractivity contribution < 1.29 is 5.11 Å². The van der Waals surface area contributed by atoms with Crippen molar-refractivity contribution >= 4 is 15.9 Å². The van der Waals surface area contributed by atoms with Crippen molar-refractivity contribution in [2.75, 3.05) is 13.1 Å². The van der Waals surface area contributed by atoms with Crippen molar-refractivity contribution in [3.05, 3.63) is 28.2 Å². The third kappa shape index (κ3) is 3.21. The van der Waals surface area contributed by atoms with Crippen LogP contribution in [0.15, 0.2) is 22.7 Å². The number of piperidine rings is 1. The first-order valence-corrected chi connectivity index (χ1v) is 6.81. The highest BCUT2D eigenvalue weighted by Crippen LogP contribution is 2.25. The zero-order chi connectivity index (χ0) is 12.4. The van der Waals surface area contributed by atoms with Crippen LogP contribution in [0.25, 0.3) is 0 Å². The molecule has 0 bridgehead atoms. The Morgan fingerprint density at radius 3 is 3.00 bits per heavy atom. The summed E-state index contributed by atoms with van der Waals surface area (Å²) >= 11 is 3.43. The van der Waals surface area contributed by atoms with E-state index in [0.29, 0.717) is 17.7 Å². The molecule has 1 aromatic rings. The van der Waals surface area contributed by atoms with Crippen LogP contribution < -0.4 is 5.73 Å². The second-order valence-corrected chi connectivity index (χ2v) is 5.85. The van der Waals surface area contributed by atoms with Crippen molar-refractivity contribution in [2.24, 2.45) is 11.7 Å². The topological polar surface area (TPSA) is 49.5 Å². The highest BCUT2D eigenvalue weighted by Gasteiger charge is 2.23. The number of rotatable bonds is 2. The largest absolute Gasteiger partial charge is 0.508 e. The molecule has 1 saturated heterocycles. The number of hydrogen-bond donors (Lipinski definition) is 2. The molecule has 0 amide bonds. The predicted molar refractivity (Wildman–Crippen MR) is 72.8 cm³/mol. The molecule has 4 heteroatoms. The summed E-state index contributed by atoms with van der Waals surface area (Å²) in [6.45, 7) is 5.00. The molecule has 94 valence electrons. The van der Waals surface area contributed by atoms with Gasteiger partial charge in [0.2, 0.25) is 0 Å². The number of hydrogen-bond acceptors (Lipinski definition) is 3. The fourth-order valence-electron chi connectivity index (χ4n) is 2.32. The van der Waals surface area contributed by atoms with E-state index in [1.807, 2.05) is 12.1 Å². The van der Waals surface area contributed by atoms with Gasteiger partial charge in [0, 0.05) is 29.2 Å². The van der Waals surface area contributed by atoms with Crippen LogP contribution in [0.5, 0.6) is 5.75 Å². The fourth-order valence-corrected chi connectivity index (χ4v) is 2.72. The number of benzene rings is 1. The Kier molecular flexibility index (Phi) is 4.07. The van der Waals surface area contributed by atoms with Gasteiger partial charge in [0.1, 0.15) is 5.75 Å². The Hall–Kier alpha value is -0.580. The lowest BCUT2D eigenvalue weighted by Crippen LogP contribution is -2.45. The first kappa shape index (κ1) is 12.9. The standard InChI is InChI=1S/C13H19BrN2O/c1-9-7-16(5-4-12(9)15)8-10-6-11(14)2-3-13(10)17/h2-3,6,9,12,17H,4-5,7-8,15H2,1H3. The van der Waals surface area contributed by atoms with E-state index in [0.717, 1.165) is 36.1 Å². The summed E-state index contributed by atoms with van der Waals surface area (Å²) < 4.78 is 1.01. The van der Waals surface area contributed by atoms with Crippen molar-refractivity contribution in [1.29, 1.82) is 0 Å². The lowest BCUT2D eigenvalue weighted by Gasteiger charge is -2.35. The van der Waals surface area contributed by atoms with E-state index in [1.165, 1.54) is 0 Å². The number of aromatic hydroxyl groups is 1. The molecule has 1 heterocycles. The van der Waals surface area contributed by atoms with E-state index < -0.39 is 0 Å². The molecule has 0 aromatic heterocycles. The van der Waals surface area contributed by atoms with Crippen LogP contribution in [0.2, 0.25) is 0 Å². The van der Waals surface area contributed by atoms with Crippen LogP contribution in [0.4, 0.5) is 0 Å². The van der Waals surface area contributed by atoms with Crippen LogP contribution in [0.3, 0.4) is 0 Å². The van der Waals surface area contributed by atoms with Crippen LogP contribution in [-0.2, 0) is 6.54 Å². The Morgan fingerprint density at radius 1 is 1.53 bits per heavy atom. The Balaban J connectivity index is 2.03. The average Bonchev–Trinajstić information content (AvgIpc) is 2.29. The Labute approximate surface area is 111 Å². The fraction of sp³-hybridized carbons (Fsp3) is 0.538. The third-order valence-corrected chi connectivity index (χ3v) is 3.98. The molecule has 1 fully saturated rings. The van der Waals surface area contributed by atoms with Crippen LogP contribution >= 0.6 is 15.9 Å². The monoisotopic (exact) mass is 298 g/mol. The van der Waals surface area contributed by atoms with Crippen molar-refractivity contribution in [3.8, 4) is 5.75 Å². The molecular formula is C13H19BrN2O. The molecule has 2 atom stereocenters. The first-order chi connectivity index (χ1) is 8.06. The average molecular weight is 299 g/mol. The summed E-state index contributed by atoms with van der Waals surface area (Å²) in [5.74, 6) is 0.897. The molecule has 3 N–H and O–H groups in total. The number of likely N-dealkylation sites (tertiary alicyclic amines) is 1. The van der Waals surface area contributed by atoms with Crippen molar-refractivity contribution in [3.63, 3.8) is 0 Å². The Bertz CT molecular complexity index is 397. The second kappa shape index (κ2) is 5.38. The molecule has 1 aliphatic rings. The van der Waals surface area contributed by atoms with Gasteiger partial charge in [-0.3, -0.25) is 4.90 Å². The minimum absolute atomic E-state index is 0.322. The molecule has 3 nitrogen and oxygen atoms in total. The van der Waals surface area contributed by atoms with E-state index in [2.05, 4.69) is 27.8 Å². The minimum Gasteiger partial charge on any atom is -0.508 e. The van der Waals surface area contributed by atoms with E-state index >= 15 is 0 Å².